The first kappa shape index (κ1) is 18.7. The van der Waals surface area contributed by atoms with Crippen LogP contribution in [0.3, 0.4) is 0 Å². The molecule has 0 fully saturated rings. The maximum absolute atomic E-state index is 12.2. The van der Waals surface area contributed by atoms with E-state index in [1.807, 2.05) is 74.8 Å². The summed E-state index contributed by atoms with van der Waals surface area (Å²) in [7, 11) is 0. The van der Waals surface area contributed by atoms with Crippen LogP contribution in [0, 0.1) is 27.7 Å². The lowest BCUT2D eigenvalue weighted by Gasteiger charge is -2.09. The van der Waals surface area contributed by atoms with Crippen LogP contribution in [0.25, 0.3) is 5.69 Å². The fraction of sp³-hybridized carbons (Fsp3) is 0.273. The Bertz CT molecular complexity index is 925. The molecule has 0 aliphatic carbocycles. The molecule has 1 heterocycles. The molecule has 140 valence electrons. The summed E-state index contributed by atoms with van der Waals surface area (Å²) in [6, 6.07) is 15.9. The summed E-state index contributed by atoms with van der Waals surface area (Å²) < 4.78 is 7.53. The number of carbonyl (C=O) groups excluding carboxylic acids is 1. The number of hydrogen-bond acceptors (Lipinski definition) is 3. The van der Waals surface area contributed by atoms with E-state index >= 15 is 0 Å². The molecule has 0 bridgehead atoms. The molecule has 0 radical (unpaired) electrons. The van der Waals surface area contributed by atoms with Crippen LogP contribution in [0.4, 0.5) is 0 Å². The van der Waals surface area contributed by atoms with E-state index in [9.17, 15) is 4.79 Å². The molecular weight excluding hydrogens is 338 g/mol. The highest BCUT2D eigenvalue weighted by Gasteiger charge is 2.14. The molecule has 3 aromatic rings. The topological polar surface area (TPSA) is 56.1 Å². The van der Waals surface area contributed by atoms with E-state index in [2.05, 4.69) is 16.5 Å². The molecule has 1 amide bonds. The van der Waals surface area contributed by atoms with Gasteiger partial charge in [-0.2, -0.15) is 5.10 Å². The first-order valence-electron chi connectivity index (χ1n) is 9.02. The van der Waals surface area contributed by atoms with Gasteiger partial charge in [0.15, 0.2) is 6.61 Å². The second-order valence-electron chi connectivity index (χ2n) is 6.79. The summed E-state index contributed by atoms with van der Waals surface area (Å²) in [6.45, 7) is 8.42. The van der Waals surface area contributed by atoms with Gasteiger partial charge in [0.2, 0.25) is 0 Å². The summed E-state index contributed by atoms with van der Waals surface area (Å²) >= 11 is 0. The largest absolute Gasteiger partial charge is 0.484 e. The molecule has 0 saturated heterocycles. The van der Waals surface area contributed by atoms with Gasteiger partial charge in [-0.05, 0) is 63.1 Å². The van der Waals surface area contributed by atoms with E-state index < -0.39 is 0 Å². The van der Waals surface area contributed by atoms with Gasteiger partial charge < -0.3 is 10.1 Å². The number of para-hydroxylation sites is 1. The number of hydrogen-bond donors (Lipinski definition) is 1. The zero-order chi connectivity index (χ0) is 19.4. The van der Waals surface area contributed by atoms with Gasteiger partial charge >= 0.3 is 0 Å². The van der Waals surface area contributed by atoms with Gasteiger partial charge in [0.05, 0.1) is 11.4 Å². The number of rotatable bonds is 6. The lowest BCUT2D eigenvalue weighted by Crippen LogP contribution is -2.28. The highest BCUT2D eigenvalue weighted by molar-refractivity contribution is 5.77. The predicted molar refractivity (Wildman–Crippen MR) is 106 cm³/mol. The number of aromatic nitrogens is 2. The van der Waals surface area contributed by atoms with Crippen LogP contribution in [0.5, 0.6) is 5.75 Å². The molecule has 0 spiro atoms. The SMILES string of the molecule is Cc1cc(C)cc(OCC(=O)NCc2c(C)nn(-c3ccccc3)c2C)c1. The number of benzene rings is 2. The van der Waals surface area contributed by atoms with E-state index in [4.69, 9.17) is 4.74 Å². The number of carbonyl (C=O) groups is 1. The Morgan fingerprint density at radius 1 is 1.04 bits per heavy atom. The Balaban J connectivity index is 1.61. The Labute approximate surface area is 160 Å². The van der Waals surface area contributed by atoms with E-state index in [0.717, 1.165) is 33.8 Å². The monoisotopic (exact) mass is 363 g/mol. The third kappa shape index (κ3) is 4.56. The quantitative estimate of drug-likeness (QED) is 0.725. The summed E-state index contributed by atoms with van der Waals surface area (Å²) in [4.78, 5) is 12.2. The van der Waals surface area contributed by atoms with Crippen molar-refractivity contribution in [3.63, 3.8) is 0 Å². The molecule has 27 heavy (non-hydrogen) atoms. The van der Waals surface area contributed by atoms with Crippen LogP contribution >= 0.6 is 0 Å². The Hall–Kier alpha value is -3.08. The van der Waals surface area contributed by atoms with Crippen LogP contribution in [0.15, 0.2) is 48.5 Å². The summed E-state index contributed by atoms with van der Waals surface area (Å²) in [5.74, 6) is 0.562. The van der Waals surface area contributed by atoms with Gasteiger partial charge in [-0.15, -0.1) is 0 Å². The average Bonchev–Trinajstić information content (AvgIpc) is 2.92. The number of nitrogens with one attached hydrogen (secondary N) is 1. The molecule has 1 aromatic heterocycles. The standard InChI is InChI=1S/C22H25N3O2/c1-15-10-16(2)12-20(11-15)27-14-22(26)23-13-21-17(3)24-25(18(21)4)19-8-6-5-7-9-19/h5-12H,13-14H2,1-4H3,(H,23,26). The highest BCUT2D eigenvalue weighted by Crippen LogP contribution is 2.18. The van der Waals surface area contributed by atoms with Crippen molar-refractivity contribution >= 4 is 5.91 Å². The summed E-state index contributed by atoms with van der Waals surface area (Å²) in [5.41, 5.74) is 6.20. The molecule has 0 aliphatic heterocycles. The summed E-state index contributed by atoms with van der Waals surface area (Å²) in [6.07, 6.45) is 0. The van der Waals surface area contributed by atoms with Gasteiger partial charge in [-0.3, -0.25) is 4.79 Å². The summed E-state index contributed by atoms with van der Waals surface area (Å²) in [5, 5.41) is 7.53. The molecular formula is C22H25N3O2. The Morgan fingerprint density at radius 2 is 1.70 bits per heavy atom. The van der Waals surface area contributed by atoms with E-state index in [-0.39, 0.29) is 12.5 Å². The van der Waals surface area contributed by atoms with Crippen LogP contribution in [-0.4, -0.2) is 22.3 Å². The second kappa shape index (κ2) is 8.08. The molecule has 0 aliphatic rings. The minimum absolute atomic E-state index is 0.00614. The highest BCUT2D eigenvalue weighted by atomic mass is 16.5. The van der Waals surface area contributed by atoms with Crippen molar-refractivity contribution in [1.82, 2.24) is 15.1 Å². The number of nitrogens with zero attached hydrogens (tertiary/aromatic N) is 2. The van der Waals surface area contributed by atoms with Crippen molar-refractivity contribution < 1.29 is 9.53 Å². The third-order valence-corrected chi connectivity index (χ3v) is 4.47. The van der Waals surface area contributed by atoms with Crippen LogP contribution in [0.1, 0.15) is 28.1 Å². The molecule has 1 N–H and O–H groups in total. The van der Waals surface area contributed by atoms with Crippen molar-refractivity contribution in [2.24, 2.45) is 0 Å². The molecule has 3 rings (SSSR count). The minimum Gasteiger partial charge on any atom is -0.484 e. The zero-order valence-electron chi connectivity index (χ0n) is 16.2. The van der Waals surface area contributed by atoms with Gasteiger partial charge in [0, 0.05) is 17.8 Å². The lowest BCUT2D eigenvalue weighted by atomic mass is 10.1. The fourth-order valence-corrected chi connectivity index (χ4v) is 3.15. The minimum atomic E-state index is -0.152. The normalized spacial score (nSPS) is 10.7. The van der Waals surface area contributed by atoms with Crippen molar-refractivity contribution in [3.8, 4) is 11.4 Å². The third-order valence-electron chi connectivity index (χ3n) is 4.47. The zero-order valence-corrected chi connectivity index (χ0v) is 16.2. The molecule has 2 aromatic carbocycles. The van der Waals surface area contributed by atoms with Crippen LogP contribution < -0.4 is 10.1 Å². The van der Waals surface area contributed by atoms with Crippen molar-refractivity contribution in [2.75, 3.05) is 6.61 Å². The number of aryl methyl sites for hydroxylation is 3. The number of amides is 1. The first-order chi connectivity index (χ1) is 12.9. The molecule has 0 saturated carbocycles. The van der Waals surface area contributed by atoms with Crippen LogP contribution in [-0.2, 0) is 11.3 Å². The fourth-order valence-electron chi connectivity index (χ4n) is 3.15. The molecule has 0 atom stereocenters. The average molecular weight is 363 g/mol. The Morgan fingerprint density at radius 3 is 2.37 bits per heavy atom. The van der Waals surface area contributed by atoms with Crippen molar-refractivity contribution in [3.05, 3.63) is 76.6 Å². The van der Waals surface area contributed by atoms with Gasteiger partial charge in [0.1, 0.15) is 5.75 Å². The van der Waals surface area contributed by atoms with Gasteiger partial charge in [-0.25, -0.2) is 4.68 Å². The first-order valence-corrected chi connectivity index (χ1v) is 9.02. The number of ether oxygens (including phenoxy) is 1. The molecule has 5 nitrogen and oxygen atoms in total. The molecule has 5 heteroatoms. The maximum Gasteiger partial charge on any atom is 0.258 e. The smallest absolute Gasteiger partial charge is 0.258 e. The van der Waals surface area contributed by atoms with E-state index in [1.54, 1.807) is 0 Å². The van der Waals surface area contributed by atoms with Crippen LogP contribution in [0.2, 0.25) is 0 Å². The van der Waals surface area contributed by atoms with E-state index in [1.165, 1.54) is 0 Å². The van der Waals surface area contributed by atoms with Crippen molar-refractivity contribution in [1.29, 1.82) is 0 Å². The predicted octanol–water partition coefficient (Wildman–Crippen LogP) is 3.80. The van der Waals surface area contributed by atoms with E-state index in [0.29, 0.717) is 12.3 Å². The van der Waals surface area contributed by atoms with Crippen molar-refractivity contribution in [2.45, 2.75) is 34.2 Å². The molecule has 0 unspecified atom stereocenters. The maximum atomic E-state index is 12.2. The van der Waals surface area contributed by atoms with Gasteiger partial charge in [0.25, 0.3) is 5.91 Å². The Kier molecular flexibility index (Phi) is 5.60. The second-order valence-corrected chi connectivity index (χ2v) is 6.79. The van der Waals surface area contributed by atoms with Gasteiger partial charge in [-0.1, -0.05) is 24.3 Å². The lowest BCUT2D eigenvalue weighted by molar-refractivity contribution is -0.123.